The molecule has 2 saturated heterocycles. The van der Waals surface area contributed by atoms with E-state index in [-0.39, 0.29) is 108 Å². The number of fused-ring (bicyclic) bond motifs is 6. The fraction of sp³-hybridized carbons (Fsp3) is 0.410. The van der Waals surface area contributed by atoms with Crippen molar-refractivity contribution in [3.63, 3.8) is 0 Å². The van der Waals surface area contributed by atoms with Crippen molar-refractivity contribution in [3.05, 3.63) is 372 Å². The van der Waals surface area contributed by atoms with Gasteiger partial charge < -0.3 is 44.6 Å². The molecule has 0 aliphatic carbocycles. The molecule has 23 heteroatoms. The number of amides is 4. The lowest BCUT2D eigenvalue weighted by Gasteiger charge is -2.36. The molecule has 18 rings (SSSR count). The number of hydrogen-bond acceptors (Lipinski definition) is 16. The molecule has 7 aliphatic heterocycles. The van der Waals surface area contributed by atoms with Crippen LogP contribution in [0.2, 0.25) is 6.82 Å². The number of rotatable bonds is 16. The van der Waals surface area contributed by atoms with E-state index in [0.29, 0.717) is 69.2 Å². The SMILES string of the molecule is CB1OC(c2ccccc2)(c2ccccc2)[C@@H]2CCCN12.CC.CC(C)(C)Cc1ccc2c(c1)C(=O)CCN2.CC(C)(C)Cc1ccc2c(c1)C(=O)CCN2C(=O)OCc1ccccc1.CC(C)(C)Cc1ccc2c(c1)[C@@H](N)CCN2C(=O)OCc1ccccc1.CC(C)(C)Cc1ccc2c(c1)[C@@H](N=[N+]=[N-])CCN2C(=O)OCc1ccccc1.CC(C)(C)Cc1ccc2c(c1)[C@H](O)CCN2C(=O)OCc1ccccc1. The van der Waals surface area contributed by atoms with Gasteiger partial charge >= 0.3 is 31.4 Å². The predicted molar refractivity (Wildman–Crippen MR) is 585 cm³/mol. The van der Waals surface area contributed by atoms with Crippen LogP contribution in [0.5, 0.6) is 0 Å². The first kappa shape index (κ1) is 111. The van der Waals surface area contributed by atoms with Gasteiger partial charge in [-0.15, -0.1) is 0 Å². The van der Waals surface area contributed by atoms with Gasteiger partial charge in [0.1, 0.15) is 32.0 Å². The molecule has 2 fully saturated rings. The second-order valence-electron chi connectivity index (χ2n) is 44.4. The van der Waals surface area contributed by atoms with E-state index in [9.17, 15) is 33.9 Å². The van der Waals surface area contributed by atoms with Crippen LogP contribution in [-0.4, -0.2) is 98.2 Å². The molecular formula is C122H151BN10O12. The number of nitrogens with one attached hydrogen (secondary N) is 1. The van der Waals surface area contributed by atoms with E-state index in [1.807, 2.05) is 196 Å². The van der Waals surface area contributed by atoms with E-state index >= 15 is 0 Å². The Balaban J connectivity index is 0.000000155. The summed E-state index contributed by atoms with van der Waals surface area (Å²) in [6, 6.07) is 90.5. The lowest BCUT2D eigenvalue weighted by Crippen LogP contribution is -2.41. The molecule has 22 nitrogen and oxygen atoms in total. The summed E-state index contributed by atoms with van der Waals surface area (Å²) in [4.78, 5) is 86.7. The van der Waals surface area contributed by atoms with Crippen LogP contribution in [0, 0.1) is 27.1 Å². The minimum atomic E-state index is -0.539. The number of aliphatic hydroxyl groups is 1. The van der Waals surface area contributed by atoms with Crippen molar-refractivity contribution in [1.82, 2.24) is 4.81 Å². The summed E-state index contributed by atoms with van der Waals surface area (Å²) in [5.74, 6) is 0.354. The number of benzene rings is 11. The van der Waals surface area contributed by atoms with Crippen molar-refractivity contribution in [2.24, 2.45) is 37.9 Å². The summed E-state index contributed by atoms with van der Waals surface area (Å²) >= 11 is 0. The van der Waals surface area contributed by atoms with Gasteiger partial charge in [0.05, 0.1) is 34.9 Å². The molecule has 764 valence electrons. The van der Waals surface area contributed by atoms with Gasteiger partial charge in [-0.3, -0.25) is 29.2 Å². The predicted octanol–water partition coefficient (Wildman–Crippen LogP) is 28.7. The second kappa shape index (κ2) is 50.6. The number of ether oxygens (including phenoxy) is 4. The van der Waals surface area contributed by atoms with Crippen LogP contribution in [0.1, 0.15) is 279 Å². The highest BCUT2D eigenvalue weighted by molar-refractivity contribution is 6.48. The third-order valence-electron chi connectivity index (χ3n) is 26.0. The topological polar surface area (TPSA) is 272 Å². The number of Topliss-reactive ketones (excluding diaryl/α,β-unsaturated/α-hetero) is 2. The number of hydrogen-bond donors (Lipinski definition) is 3. The summed E-state index contributed by atoms with van der Waals surface area (Å²) in [5, 5.41) is 17.6. The van der Waals surface area contributed by atoms with Crippen molar-refractivity contribution < 1.29 is 57.5 Å². The Hall–Kier alpha value is -13.1. The van der Waals surface area contributed by atoms with E-state index in [0.717, 1.165) is 124 Å². The van der Waals surface area contributed by atoms with Gasteiger partial charge in [0.25, 0.3) is 0 Å². The minimum absolute atomic E-state index is 0.0388. The minimum Gasteiger partial charge on any atom is -0.444 e. The maximum absolute atomic E-state index is 12.7. The van der Waals surface area contributed by atoms with Crippen LogP contribution in [-0.2, 0) is 87.7 Å². The molecule has 7 aliphatic rings. The Morgan fingerprint density at radius 3 is 1.17 bits per heavy atom. The Labute approximate surface area is 860 Å². The average molecular weight is 1960 g/mol. The molecule has 145 heavy (non-hydrogen) atoms. The van der Waals surface area contributed by atoms with Crippen LogP contribution >= 0.6 is 0 Å². The molecule has 0 spiro atoms. The molecule has 11 aromatic carbocycles. The Kier molecular flexibility index (Phi) is 38.6. The smallest absolute Gasteiger partial charge is 0.414 e. The van der Waals surface area contributed by atoms with Crippen LogP contribution in [0.4, 0.5) is 47.6 Å². The van der Waals surface area contributed by atoms with Crippen LogP contribution in [0.15, 0.2) is 278 Å². The van der Waals surface area contributed by atoms with E-state index in [1.54, 1.807) is 19.6 Å². The third-order valence-corrected chi connectivity index (χ3v) is 26.0. The Bertz CT molecular complexity index is 6000. The maximum Gasteiger partial charge on any atom is 0.414 e. The van der Waals surface area contributed by atoms with Gasteiger partial charge in [-0.05, 0) is 225 Å². The summed E-state index contributed by atoms with van der Waals surface area (Å²) in [5.41, 5.74) is 36.5. The fourth-order valence-corrected chi connectivity index (χ4v) is 19.8. The lowest BCUT2D eigenvalue weighted by atomic mass is 9.79. The Morgan fingerprint density at radius 1 is 0.414 bits per heavy atom. The molecule has 11 aromatic rings. The number of azide groups is 1. The molecule has 7 heterocycles. The molecular weight excluding hydrogens is 1810 g/mol. The number of aliphatic hydroxyl groups excluding tert-OH is 1. The van der Waals surface area contributed by atoms with Gasteiger partial charge in [0, 0.05) is 84.9 Å². The normalized spacial score (nSPS) is 17.0. The van der Waals surface area contributed by atoms with Gasteiger partial charge in [0.2, 0.25) is 0 Å². The number of ketones is 2. The number of carbonyl (C=O) groups is 6. The highest BCUT2D eigenvalue weighted by atomic mass is 16.6. The van der Waals surface area contributed by atoms with Crippen LogP contribution in [0.3, 0.4) is 0 Å². The van der Waals surface area contributed by atoms with Crippen molar-refractivity contribution in [2.45, 2.75) is 258 Å². The van der Waals surface area contributed by atoms with Crippen LogP contribution < -0.4 is 30.7 Å². The zero-order valence-corrected chi connectivity index (χ0v) is 88.5. The van der Waals surface area contributed by atoms with Crippen molar-refractivity contribution in [1.29, 1.82) is 0 Å². The van der Waals surface area contributed by atoms with Crippen LogP contribution in [0.25, 0.3) is 10.4 Å². The number of nitrogens with zero attached hydrogens (tertiary/aromatic N) is 8. The summed E-state index contributed by atoms with van der Waals surface area (Å²) in [7, 11) is 0.179. The molecule has 0 saturated carbocycles. The standard InChI is InChI=1S/C22H26N4O2.C22H28N2O2.C22H27NO3.C22H25NO3.C18H20BNO.C14H19NO.C2H6/c1-22(2,3)14-17-9-10-20-18(13-17)19(24-25-23)11-12-26(20)21(27)28-15-16-7-5-4-6-8-16;1-22(2,3)14-17-9-10-20-18(13-17)19(23)11-12-24(20)21(25)26-15-16-7-5-4-6-8-16;2*1-22(2,3)14-17-9-10-19-18(13-17)20(24)11-12-23(19)21(25)26-15-16-7-5-4-6-8-16;1-19-20-14-8-13-17(20)18(21-19,15-9-4-2-5-10-15)16-11-6-3-7-12-16;1-14(2,3)9-10-4-5-12-11(8-10)13(16)6-7-15-12;1-2/h4-10,13,19H,11-12,14-15H2,1-3H3;4-10,13,19H,11-12,14-15,23H2,1-3H3;4-10,13,20,24H,11-12,14-15H2,1-3H3;4-10,13H,11-12,14-15H2,1-3H3;2-7,9-12,17H,8,13-14H2,1H3;4-5,8,15H,6-7,9H2,1-3H3;1-2H3/t2*19-;20-;;17-;;/m001.0../s1. The third kappa shape index (κ3) is 31.4. The fourth-order valence-electron chi connectivity index (χ4n) is 19.8. The van der Waals surface area contributed by atoms with Gasteiger partial charge in [-0.2, -0.15) is 0 Å². The first-order valence-electron chi connectivity index (χ1n) is 51.6. The summed E-state index contributed by atoms with van der Waals surface area (Å²) < 4.78 is 28.6. The van der Waals surface area contributed by atoms with Crippen molar-refractivity contribution in [3.8, 4) is 0 Å². The molecule has 4 amide bonds. The highest BCUT2D eigenvalue weighted by Crippen LogP contribution is 2.50. The second-order valence-corrected chi connectivity index (χ2v) is 44.4. The van der Waals surface area contributed by atoms with Gasteiger partial charge in [-0.25, -0.2) is 19.2 Å². The molecule has 4 N–H and O–H groups in total. The lowest BCUT2D eigenvalue weighted by molar-refractivity contribution is 0.0971. The van der Waals surface area contributed by atoms with E-state index in [1.165, 1.54) is 46.2 Å². The molecule has 0 bridgehead atoms. The number of carbonyl (C=O) groups excluding carboxylic acids is 6. The van der Waals surface area contributed by atoms with Gasteiger partial charge in [-0.1, -0.05) is 353 Å². The first-order chi connectivity index (χ1) is 69.1. The quantitative estimate of drug-likeness (QED) is 0.0267. The Morgan fingerprint density at radius 2 is 0.752 bits per heavy atom. The van der Waals surface area contributed by atoms with E-state index < -0.39 is 12.2 Å². The zero-order valence-electron chi connectivity index (χ0n) is 88.5. The average Bonchev–Trinajstić information content (AvgIpc) is 1.56. The van der Waals surface area contributed by atoms with E-state index in [4.69, 9.17) is 34.9 Å². The highest BCUT2D eigenvalue weighted by Gasteiger charge is 2.57. The molecule has 0 unspecified atom stereocenters. The summed E-state index contributed by atoms with van der Waals surface area (Å²) in [6.07, 6.45) is 7.93. The summed E-state index contributed by atoms with van der Waals surface area (Å²) in [6.45, 7) is 43.9. The molecule has 0 aromatic heterocycles. The molecule has 0 radical (unpaired) electrons. The zero-order chi connectivity index (χ0) is 104. The monoisotopic (exact) mass is 1960 g/mol. The maximum atomic E-state index is 12.7. The van der Waals surface area contributed by atoms with Crippen molar-refractivity contribution in [2.75, 3.05) is 64.2 Å². The van der Waals surface area contributed by atoms with Gasteiger partial charge in [0.15, 0.2) is 11.6 Å². The number of anilines is 5. The largest absolute Gasteiger partial charge is 0.444 e. The van der Waals surface area contributed by atoms with Crippen molar-refractivity contribution >= 4 is 71.4 Å². The van der Waals surface area contributed by atoms with E-state index in [2.05, 4.69) is 222 Å². The molecule has 4 atom stereocenters. The number of nitrogens with two attached hydrogens (primary N) is 1. The first-order valence-corrected chi connectivity index (χ1v) is 51.6.